The third-order valence-corrected chi connectivity index (χ3v) is 11.8. The van der Waals surface area contributed by atoms with Gasteiger partial charge in [-0.05, 0) is 67.1 Å². The Morgan fingerprint density at radius 2 is 1.61 bits per heavy atom. The smallest absolute Gasteiger partial charge is 0.264 e. The van der Waals surface area contributed by atoms with Gasteiger partial charge in [0, 0.05) is 74.9 Å². The number of ether oxygens (including phenoxy) is 2. The lowest BCUT2D eigenvalue weighted by molar-refractivity contribution is -0.136. The molecule has 0 bridgehead atoms. The molecule has 0 saturated carbocycles. The minimum atomic E-state index is -0.989. The van der Waals surface area contributed by atoms with Crippen molar-refractivity contribution in [2.45, 2.75) is 77.1 Å². The average Bonchev–Trinajstić information content (AvgIpc) is 3.47. The van der Waals surface area contributed by atoms with Crippen LogP contribution in [0, 0.1) is 5.41 Å². The van der Waals surface area contributed by atoms with Crippen molar-refractivity contribution >= 4 is 40.1 Å². The molecule has 5 heterocycles. The van der Waals surface area contributed by atoms with E-state index in [0.717, 1.165) is 72.0 Å². The number of rotatable bonds is 18. The fourth-order valence-corrected chi connectivity index (χ4v) is 8.65. The number of fused-ring (bicyclic) bond motifs is 2. The Balaban J connectivity index is 0.815. The predicted molar refractivity (Wildman–Crippen MR) is 222 cm³/mol. The number of aliphatic hydroxyl groups is 1. The van der Waals surface area contributed by atoms with Gasteiger partial charge in [0.05, 0.1) is 36.3 Å². The van der Waals surface area contributed by atoms with E-state index in [4.69, 9.17) is 9.47 Å². The summed E-state index contributed by atoms with van der Waals surface area (Å²) in [5.41, 5.74) is 3.37. The van der Waals surface area contributed by atoms with E-state index in [9.17, 15) is 29.1 Å². The van der Waals surface area contributed by atoms with E-state index in [2.05, 4.69) is 32.8 Å². The Labute approximate surface area is 343 Å². The monoisotopic (exact) mass is 807 g/mol. The Hall–Kier alpha value is -5.64. The number of aryl methyl sites for hydroxylation is 1. The number of amides is 4. The van der Waals surface area contributed by atoms with Gasteiger partial charge < -0.3 is 24.5 Å². The molecule has 7 rings (SSSR count). The molecule has 4 amide bonds. The molecule has 0 spiro atoms. The largest absolute Gasteiger partial charge is 0.496 e. The molecule has 2 fully saturated rings. The zero-order valence-corrected chi connectivity index (χ0v) is 34.1. The molecular formula is C44H53N7O8. The summed E-state index contributed by atoms with van der Waals surface area (Å²) in [7, 11) is 5.01. The number of hydrogen-bond acceptors (Lipinski definition) is 12. The molecule has 2 aromatic heterocycles. The van der Waals surface area contributed by atoms with Gasteiger partial charge in [0.1, 0.15) is 23.8 Å². The molecule has 4 N–H and O–H groups in total. The molecule has 2 aromatic carbocycles. The number of methoxy groups -OCH3 is 2. The number of carbonyl (C=O) groups is 4. The molecule has 2 unspecified atom stereocenters. The molecule has 3 aliphatic heterocycles. The molecule has 0 aliphatic carbocycles. The van der Waals surface area contributed by atoms with Crippen LogP contribution in [0.1, 0.15) is 84.6 Å². The number of benzene rings is 2. The third kappa shape index (κ3) is 8.45. The molecule has 59 heavy (non-hydrogen) atoms. The highest BCUT2D eigenvalue weighted by Gasteiger charge is 2.46. The van der Waals surface area contributed by atoms with Crippen LogP contribution in [0.15, 0.2) is 59.8 Å². The van der Waals surface area contributed by atoms with E-state index in [1.165, 1.54) is 0 Å². The van der Waals surface area contributed by atoms with Crippen LogP contribution >= 0.6 is 0 Å². The molecule has 2 atom stereocenters. The normalized spacial score (nSPS) is 18.1. The summed E-state index contributed by atoms with van der Waals surface area (Å²) < 4.78 is 13.3. The topological polar surface area (TPSA) is 184 Å². The Morgan fingerprint density at radius 1 is 0.915 bits per heavy atom. The quantitative estimate of drug-likeness (QED) is 0.0640. The number of aliphatic hydroxyl groups excluding tert-OH is 1. The summed E-state index contributed by atoms with van der Waals surface area (Å²) in [6.07, 6.45) is 10.7. The van der Waals surface area contributed by atoms with Gasteiger partial charge in [0.2, 0.25) is 11.8 Å². The number of nitrogens with zero attached hydrogens (tertiary/aromatic N) is 4. The van der Waals surface area contributed by atoms with Crippen LogP contribution < -0.4 is 31.0 Å². The number of carbonyl (C=O) groups excluding carboxylic acids is 4. The lowest BCUT2D eigenvalue weighted by atomic mass is 9.79. The van der Waals surface area contributed by atoms with E-state index in [1.54, 1.807) is 56.4 Å². The summed E-state index contributed by atoms with van der Waals surface area (Å²) in [4.78, 5) is 70.6. The number of likely N-dealkylation sites (tertiary alicyclic amines) is 1. The first-order valence-electron chi connectivity index (χ1n) is 20.3. The Bertz CT molecular complexity index is 2300. The maximum Gasteiger partial charge on any atom is 0.264 e. The number of anilines is 1. The number of hydrogen-bond donors (Lipinski definition) is 4. The molecule has 4 aromatic rings. The molecule has 15 heteroatoms. The molecule has 0 radical (unpaired) electrons. The van der Waals surface area contributed by atoms with Crippen LogP contribution in [-0.4, -0.2) is 101 Å². The van der Waals surface area contributed by atoms with Crippen molar-refractivity contribution in [3.63, 3.8) is 0 Å². The van der Waals surface area contributed by atoms with Crippen molar-refractivity contribution in [3.05, 3.63) is 82.0 Å². The van der Waals surface area contributed by atoms with Crippen molar-refractivity contribution in [3.8, 4) is 22.6 Å². The van der Waals surface area contributed by atoms with Crippen molar-refractivity contribution in [1.29, 1.82) is 0 Å². The van der Waals surface area contributed by atoms with Crippen LogP contribution in [-0.2, 0) is 23.2 Å². The van der Waals surface area contributed by atoms with E-state index >= 15 is 0 Å². The summed E-state index contributed by atoms with van der Waals surface area (Å²) >= 11 is 0. The van der Waals surface area contributed by atoms with Gasteiger partial charge in [-0.3, -0.25) is 49.4 Å². The summed E-state index contributed by atoms with van der Waals surface area (Å²) in [5.74, 6) is -0.673. The first kappa shape index (κ1) is 41.5. The zero-order valence-electron chi connectivity index (χ0n) is 34.1. The standard InChI is InChI=1S/C44H53N7O8/c1-44(25-50(26-44)24-32-35(58-3)20-27(21-36(32)59-4)31-23-49(2)40(54)30-22-45-19-16-28(30)31)43(57)47-18-10-8-6-5-7-9-17-46-33-13-11-12-29-38(33)42(56)51(41(29)55)34-14-15-37(52)48-39(34)53/h11-13,16,19-23,34,43,46-47,57H,5-10,14-15,17-18,24-26H2,1-4H3,(H,48,52,53). The third-order valence-electron chi connectivity index (χ3n) is 11.8. The van der Waals surface area contributed by atoms with Crippen LogP contribution in [0.2, 0.25) is 0 Å². The SMILES string of the molecule is COc1cc(-c2cn(C)c(=O)c3cnccc23)cc(OC)c1CN1CC(C)(C(O)NCCCCCCCCNc2cccc3c2C(=O)N(C2CCC(=O)NC2=O)C3=O)C1. The van der Waals surface area contributed by atoms with Gasteiger partial charge in [0.25, 0.3) is 17.4 Å². The predicted octanol–water partition coefficient (Wildman–Crippen LogP) is 4.20. The number of piperidine rings is 1. The first-order chi connectivity index (χ1) is 28.4. The highest BCUT2D eigenvalue weighted by molar-refractivity contribution is 6.25. The second-order valence-corrected chi connectivity index (χ2v) is 16.1. The maximum atomic E-state index is 13.3. The second-order valence-electron chi connectivity index (χ2n) is 16.1. The minimum absolute atomic E-state index is 0.0806. The first-order valence-corrected chi connectivity index (χ1v) is 20.3. The van der Waals surface area contributed by atoms with Crippen molar-refractivity contribution in [2.75, 3.05) is 45.7 Å². The molecule has 15 nitrogen and oxygen atoms in total. The van der Waals surface area contributed by atoms with Gasteiger partial charge in [0.15, 0.2) is 0 Å². The maximum absolute atomic E-state index is 13.3. The van der Waals surface area contributed by atoms with Crippen molar-refractivity contribution < 1.29 is 33.8 Å². The molecule has 3 aliphatic rings. The lowest BCUT2D eigenvalue weighted by Gasteiger charge is -2.51. The Kier molecular flexibility index (Phi) is 12.4. The number of nitrogens with one attached hydrogen (secondary N) is 3. The highest BCUT2D eigenvalue weighted by Crippen LogP contribution is 2.41. The van der Waals surface area contributed by atoms with E-state index in [1.807, 2.05) is 24.4 Å². The molecule has 2 saturated heterocycles. The summed E-state index contributed by atoms with van der Waals surface area (Å²) in [5, 5.41) is 21.3. The lowest BCUT2D eigenvalue weighted by Crippen LogP contribution is -2.63. The van der Waals surface area contributed by atoms with Gasteiger partial charge >= 0.3 is 0 Å². The van der Waals surface area contributed by atoms with Gasteiger partial charge in [-0.15, -0.1) is 0 Å². The summed E-state index contributed by atoms with van der Waals surface area (Å²) in [6.45, 7) is 5.46. The number of aromatic nitrogens is 2. The number of imide groups is 2. The van der Waals surface area contributed by atoms with Crippen LogP contribution in [0.3, 0.4) is 0 Å². The fraction of sp³-hybridized carbons (Fsp3) is 0.455. The Morgan fingerprint density at radius 3 is 2.31 bits per heavy atom. The zero-order chi connectivity index (χ0) is 41.8. The van der Waals surface area contributed by atoms with Crippen molar-refractivity contribution in [1.82, 2.24) is 30.0 Å². The average molecular weight is 808 g/mol. The highest BCUT2D eigenvalue weighted by atomic mass is 16.5. The van der Waals surface area contributed by atoms with E-state index in [-0.39, 0.29) is 34.9 Å². The number of unbranched alkanes of at least 4 members (excludes halogenated alkanes) is 5. The number of pyridine rings is 2. The van der Waals surface area contributed by atoms with E-state index in [0.29, 0.717) is 48.8 Å². The molecule has 312 valence electrons. The molecular weight excluding hydrogens is 755 g/mol. The van der Waals surface area contributed by atoms with Gasteiger partial charge in [-0.1, -0.05) is 38.7 Å². The van der Waals surface area contributed by atoms with Crippen molar-refractivity contribution in [2.24, 2.45) is 12.5 Å². The van der Waals surface area contributed by atoms with Crippen LogP contribution in [0.4, 0.5) is 5.69 Å². The van der Waals surface area contributed by atoms with Crippen LogP contribution in [0.25, 0.3) is 21.9 Å². The summed E-state index contributed by atoms with van der Waals surface area (Å²) in [6, 6.07) is 9.91. The minimum Gasteiger partial charge on any atom is -0.496 e. The van der Waals surface area contributed by atoms with Gasteiger partial charge in [-0.2, -0.15) is 0 Å². The van der Waals surface area contributed by atoms with Gasteiger partial charge in [-0.25, -0.2) is 0 Å². The fourth-order valence-electron chi connectivity index (χ4n) is 8.65. The van der Waals surface area contributed by atoms with Crippen LogP contribution in [0.5, 0.6) is 11.5 Å². The second kappa shape index (κ2) is 17.7. The van der Waals surface area contributed by atoms with E-state index < -0.39 is 35.9 Å².